The van der Waals surface area contributed by atoms with Gasteiger partial charge in [-0.15, -0.1) is 11.3 Å². The number of hydrogen-bond donors (Lipinski definition) is 2. The Morgan fingerprint density at radius 1 is 1.67 bits per heavy atom. The summed E-state index contributed by atoms with van der Waals surface area (Å²) in [6.45, 7) is 0. The van der Waals surface area contributed by atoms with E-state index in [1.807, 2.05) is 0 Å². The van der Waals surface area contributed by atoms with Gasteiger partial charge in [0.25, 0.3) is 0 Å². The minimum Gasteiger partial charge on any atom is -0.478 e. The molecule has 1 heterocycles. The van der Waals surface area contributed by atoms with Gasteiger partial charge in [0, 0.05) is 0 Å². The number of thiophene rings is 1. The monoisotopic (exact) mass is 205 g/mol. The molecule has 0 bridgehead atoms. The summed E-state index contributed by atoms with van der Waals surface area (Å²) in [5.74, 6) is -1.22. The Bertz CT molecular complexity index is 347. The van der Waals surface area contributed by atoms with Crippen LogP contribution < -0.4 is 5.73 Å². The van der Waals surface area contributed by atoms with Crippen LogP contribution in [0.4, 0.5) is 5.00 Å². The molecule has 0 aliphatic heterocycles. The van der Waals surface area contributed by atoms with Crippen LogP contribution in [-0.2, 0) is 0 Å². The first-order valence-electron chi connectivity index (χ1n) is 2.84. The Morgan fingerprint density at radius 3 is 2.50 bits per heavy atom. The zero-order valence-corrected chi connectivity index (χ0v) is 7.28. The Kier molecular flexibility index (Phi) is 2.35. The summed E-state index contributed by atoms with van der Waals surface area (Å²) < 4.78 is 0. The maximum atomic E-state index is 10.5. The lowest BCUT2D eigenvalue weighted by Gasteiger charge is -1.90. The van der Waals surface area contributed by atoms with Crippen molar-refractivity contribution >= 4 is 40.2 Å². The lowest BCUT2D eigenvalue weighted by atomic mass is 10.3. The molecule has 0 atom stereocenters. The number of carboxylic acids is 1. The summed E-state index contributed by atoms with van der Waals surface area (Å²) in [6, 6.07) is 0. The Hall–Kier alpha value is -1.07. The van der Waals surface area contributed by atoms with Crippen LogP contribution in [0.1, 0.15) is 20.0 Å². The first-order valence-corrected chi connectivity index (χ1v) is 4.03. The van der Waals surface area contributed by atoms with Gasteiger partial charge < -0.3 is 10.8 Å². The molecule has 0 fully saturated rings. The maximum absolute atomic E-state index is 10.5. The average Bonchev–Trinajstić information content (AvgIpc) is 2.25. The summed E-state index contributed by atoms with van der Waals surface area (Å²) in [6.07, 6.45) is 0.482. The second-order valence-electron chi connectivity index (χ2n) is 1.94. The van der Waals surface area contributed by atoms with E-state index in [4.69, 9.17) is 22.4 Å². The fourth-order valence-corrected chi connectivity index (χ4v) is 1.89. The maximum Gasteiger partial charge on any atom is 0.340 e. The molecule has 12 heavy (non-hydrogen) atoms. The van der Waals surface area contributed by atoms with Crippen LogP contribution in [0.3, 0.4) is 0 Å². The highest BCUT2D eigenvalue weighted by Gasteiger charge is 2.19. The molecule has 0 aliphatic rings. The van der Waals surface area contributed by atoms with E-state index in [0.29, 0.717) is 6.29 Å². The number of aldehydes is 1. The van der Waals surface area contributed by atoms with Gasteiger partial charge in [-0.3, -0.25) is 4.79 Å². The molecule has 0 saturated carbocycles. The third-order valence-electron chi connectivity index (χ3n) is 1.22. The van der Waals surface area contributed by atoms with E-state index in [1.165, 1.54) is 0 Å². The standard InChI is InChI=1S/C6H4ClNO3S/c7-4-2(1-9)12-5(8)3(4)6(10)11/h1H,8H2,(H,10,11). The van der Waals surface area contributed by atoms with Crippen molar-refractivity contribution in [2.24, 2.45) is 0 Å². The number of hydrogen-bond acceptors (Lipinski definition) is 4. The number of carboxylic acid groups (broad SMARTS) is 1. The van der Waals surface area contributed by atoms with Gasteiger partial charge >= 0.3 is 5.97 Å². The summed E-state index contributed by atoms with van der Waals surface area (Å²) >= 11 is 6.41. The van der Waals surface area contributed by atoms with Crippen molar-refractivity contribution in [2.45, 2.75) is 0 Å². The van der Waals surface area contributed by atoms with Crippen LogP contribution in [0.15, 0.2) is 0 Å². The first-order chi connectivity index (χ1) is 5.57. The molecule has 64 valence electrons. The lowest BCUT2D eigenvalue weighted by Crippen LogP contribution is -1.98. The molecule has 0 amide bonds. The highest BCUT2D eigenvalue weighted by atomic mass is 35.5. The van der Waals surface area contributed by atoms with Crippen LogP contribution in [-0.4, -0.2) is 17.4 Å². The number of rotatable bonds is 2. The van der Waals surface area contributed by atoms with E-state index in [0.717, 1.165) is 11.3 Å². The molecule has 6 heteroatoms. The molecular weight excluding hydrogens is 202 g/mol. The Morgan fingerprint density at radius 2 is 2.25 bits per heavy atom. The molecule has 0 aliphatic carbocycles. The molecule has 0 unspecified atom stereocenters. The first kappa shape index (κ1) is 9.02. The van der Waals surface area contributed by atoms with Crippen LogP contribution in [0.25, 0.3) is 0 Å². The molecular formula is C6H4ClNO3S. The molecule has 3 N–H and O–H groups in total. The Labute approximate surface area is 76.6 Å². The third-order valence-corrected chi connectivity index (χ3v) is 2.67. The quantitative estimate of drug-likeness (QED) is 0.717. The van der Waals surface area contributed by atoms with Gasteiger partial charge in [-0.2, -0.15) is 0 Å². The number of anilines is 1. The summed E-state index contributed by atoms with van der Waals surface area (Å²) in [4.78, 5) is 20.9. The normalized spacial score (nSPS) is 9.75. The van der Waals surface area contributed by atoms with Crippen molar-refractivity contribution in [2.75, 3.05) is 5.73 Å². The largest absolute Gasteiger partial charge is 0.478 e. The van der Waals surface area contributed by atoms with E-state index in [9.17, 15) is 9.59 Å². The van der Waals surface area contributed by atoms with Gasteiger partial charge in [0.1, 0.15) is 10.6 Å². The van der Waals surface area contributed by atoms with Crippen molar-refractivity contribution in [3.8, 4) is 0 Å². The van der Waals surface area contributed by atoms with Crippen molar-refractivity contribution in [3.63, 3.8) is 0 Å². The van der Waals surface area contributed by atoms with Crippen molar-refractivity contribution in [1.29, 1.82) is 0 Å². The fourth-order valence-electron chi connectivity index (χ4n) is 0.721. The van der Waals surface area contributed by atoms with Gasteiger partial charge in [-0.1, -0.05) is 11.6 Å². The zero-order chi connectivity index (χ0) is 9.30. The topological polar surface area (TPSA) is 80.4 Å². The molecule has 0 saturated heterocycles. The number of halogens is 1. The third kappa shape index (κ3) is 1.28. The summed E-state index contributed by atoms with van der Waals surface area (Å²) in [7, 11) is 0. The predicted octanol–water partition coefficient (Wildman–Crippen LogP) is 1.49. The molecule has 1 aromatic rings. The van der Waals surface area contributed by atoms with Gasteiger partial charge in [-0.05, 0) is 0 Å². The van der Waals surface area contributed by atoms with E-state index in [1.54, 1.807) is 0 Å². The number of aromatic carboxylic acids is 1. The van der Waals surface area contributed by atoms with Crippen molar-refractivity contribution < 1.29 is 14.7 Å². The van der Waals surface area contributed by atoms with Crippen LogP contribution >= 0.6 is 22.9 Å². The number of nitrogens with two attached hydrogens (primary N) is 1. The number of carbonyl (C=O) groups excluding carboxylic acids is 1. The van der Waals surface area contributed by atoms with E-state index < -0.39 is 5.97 Å². The Balaban J connectivity index is 3.37. The van der Waals surface area contributed by atoms with Gasteiger partial charge in [0.05, 0.1) is 9.90 Å². The molecule has 1 rings (SSSR count). The minimum atomic E-state index is -1.22. The zero-order valence-electron chi connectivity index (χ0n) is 5.70. The molecule has 1 aromatic heterocycles. The van der Waals surface area contributed by atoms with Gasteiger partial charge in [-0.25, -0.2) is 4.79 Å². The molecule has 0 radical (unpaired) electrons. The second-order valence-corrected chi connectivity index (χ2v) is 3.40. The average molecular weight is 206 g/mol. The smallest absolute Gasteiger partial charge is 0.340 e. The van der Waals surface area contributed by atoms with Crippen LogP contribution in [0, 0.1) is 0 Å². The number of carbonyl (C=O) groups is 2. The lowest BCUT2D eigenvalue weighted by molar-refractivity contribution is 0.0698. The van der Waals surface area contributed by atoms with Crippen LogP contribution in [0.5, 0.6) is 0 Å². The van der Waals surface area contributed by atoms with E-state index >= 15 is 0 Å². The van der Waals surface area contributed by atoms with E-state index in [2.05, 4.69) is 0 Å². The fraction of sp³-hybridized carbons (Fsp3) is 0. The molecule has 0 spiro atoms. The SMILES string of the molecule is Nc1sc(C=O)c(Cl)c1C(=O)O. The highest BCUT2D eigenvalue weighted by molar-refractivity contribution is 7.18. The van der Waals surface area contributed by atoms with Gasteiger partial charge in [0.2, 0.25) is 0 Å². The number of nitrogen functional groups attached to an aromatic ring is 1. The summed E-state index contributed by atoms with van der Waals surface area (Å²) in [5.41, 5.74) is 5.12. The van der Waals surface area contributed by atoms with Crippen molar-refractivity contribution in [1.82, 2.24) is 0 Å². The van der Waals surface area contributed by atoms with E-state index in [-0.39, 0.29) is 20.5 Å². The predicted molar refractivity (Wildman–Crippen MR) is 46.1 cm³/mol. The van der Waals surface area contributed by atoms with Gasteiger partial charge in [0.15, 0.2) is 6.29 Å². The highest BCUT2D eigenvalue weighted by Crippen LogP contribution is 2.33. The second kappa shape index (κ2) is 3.12. The minimum absolute atomic E-state index is 0.0506. The molecule has 4 nitrogen and oxygen atoms in total. The van der Waals surface area contributed by atoms with Crippen molar-refractivity contribution in [3.05, 3.63) is 15.5 Å². The summed E-state index contributed by atoms with van der Waals surface area (Å²) in [5, 5.41) is 8.55. The van der Waals surface area contributed by atoms with Crippen LogP contribution in [0.2, 0.25) is 5.02 Å². The molecule has 0 aromatic carbocycles.